The van der Waals surface area contributed by atoms with E-state index < -0.39 is 7.82 Å². The smallest absolute Gasteiger partial charge is 0.370 e. The lowest BCUT2D eigenvalue weighted by molar-refractivity contribution is -0.916. The fourth-order valence-corrected chi connectivity index (χ4v) is 7.99. The molecule has 5 rings (SSSR count). The minimum atomic E-state index is -3.93. The van der Waals surface area contributed by atoms with Crippen molar-refractivity contribution in [1.82, 2.24) is 0 Å². The molecule has 1 atom stereocenters. The van der Waals surface area contributed by atoms with Gasteiger partial charge in [0, 0.05) is 0 Å². The number of hydrogen-bond acceptors (Lipinski definition) is 4. The van der Waals surface area contributed by atoms with Crippen LogP contribution in [0.4, 0.5) is 0 Å². The molecule has 0 radical (unpaired) electrons. The third kappa shape index (κ3) is 8.93. The first-order valence-electron chi connectivity index (χ1n) is 14.7. The van der Waals surface area contributed by atoms with Crippen molar-refractivity contribution < 1.29 is 27.7 Å². The zero-order valence-electron chi connectivity index (χ0n) is 22.2. The summed E-state index contributed by atoms with van der Waals surface area (Å²) in [6.07, 6.45) is 21.1. The van der Waals surface area contributed by atoms with Crippen LogP contribution < -0.4 is 0 Å². The van der Waals surface area contributed by atoms with E-state index in [2.05, 4.69) is 13.1 Å². The van der Waals surface area contributed by atoms with Crippen molar-refractivity contribution in [1.29, 1.82) is 0 Å². The first-order chi connectivity index (χ1) is 16.9. The summed E-state index contributed by atoms with van der Waals surface area (Å²) in [6.45, 7) is 4.55. The molecule has 5 fully saturated rings. The maximum absolute atomic E-state index is 12.1. The van der Waals surface area contributed by atoms with Gasteiger partial charge in [-0.05, 0) is 75.0 Å². The van der Waals surface area contributed by atoms with E-state index in [1.54, 1.807) is 6.42 Å². The second-order valence-electron chi connectivity index (χ2n) is 12.2. The number of allylic oxidation sites excluding steroid dienone is 2. The Morgan fingerprint density at radius 2 is 1.40 bits per heavy atom. The minimum Gasteiger partial charge on any atom is -0.370 e. The van der Waals surface area contributed by atoms with Crippen molar-refractivity contribution in [3.05, 3.63) is 11.6 Å². The van der Waals surface area contributed by atoms with E-state index in [1.807, 2.05) is 5.57 Å². The van der Waals surface area contributed by atoms with Crippen molar-refractivity contribution in [3.63, 3.8) is 0 Å². The van der Waals surface area contributed by atoms with Crippen molar-refractivity contribution in [2.75, 3.05) is 53.1 Å². The van der Waals surface area contributed by atoms with Crippen LogP contribution in [0.15, 0.2) is 11.6 Å². The number of unbranched alkanes of at least 4 members (excludes halogenated alkanes) is 8. The van der Waals surface area contributed by atoms with Gasteiger partial charge < -0.3 is 14.1 Å². The van der Waals surface area contributed by atoms with Crippen LogP contribution in [0.5, 0.6) is 0 Å². The predicted octanol–water partition coefficient (Wildman–Crippen LogP) is 6.49. The third-order valence-electron chi connectivity index (χ3n) is 9.25. The van der Waals surface area contributed by atoms with Gasteiger partial charge in [0.25, 0.3) is 0 Å². The normalized spacial score (nSPS) is 31.0. The van der Waals surface area contributed by atoms with Gasteiger partial charge in [0.1, 0.15) is 26.2 Å². The van der Waals surface area contributed by atoms with E-state index in [0.717, 1.165) is 67.3 Å². The number of morpholine rings is 1. The Morgan fingerprint density at radius 1 is 0.857 bits per heavy atom. The van der Waals surface area contributed by atoms with Gasteiger partial charge in [-0.1, -0.05) is 50.2 Å². The van der Waals surface area contributed by atoms with E-state index in [-0.39, 0.29) is 6.61 Å². The average Bonchev–Trinajstić information content (AvgIpc) is 2.81. The van der Waals surface area contributed by atoms with Crippen LogP contribution in [-0.4, -0.2) is 62.5 Å². The quantitative estimate of drug-likeness (QED) is 0.111. The molecule has 4 saturated carbocycles. The molecule has 0 aromatic rings. The summed E-state index contributed by atoms with van der Waals surface area (Å²) in [7, 11) is -1.80. The maximum Gasteiger partial charge on any atom is 0.472 e. The van der Waals surface area contributed by atoms with Crippen LogP contribution >= 0.6 is 7.82 Å². The molecule has 7 heteroatoms. The first kappa shape index (κ1) is 27.8. The predicted molar refractivity (Wildman–Crippen MR) is 140 cm³/mol. The van der Waals surface area contributed by atoms with Gasteiger partial charge in [-0.2, -0.15) is 0 Å². The number of phosphoric acid groups is 1. The summed E-state index contributed by atoms with van der Waals surface area (Å²) in [5, 5.41) is 0. The molecule has 4 bridgehead atoms. The molecular formula is C28H51NO5P+. The molecule has 4 aliphatic carbocycles. The van der Waals surface area contributed by atoms with Crippen molar-refractivity contribution in [2.45, 2.75) is 89.9 Å². The standard InChI is InChI=1S/C28H50NO5P/c1-29(12-16-32-17-13-29)14-18-34-35(30,31)33-15-10-8-6-4-2-3-5-7-9-11-28-26-20-24-19-25(22-26)23-27(28)21-24/h11,24-27H,2-10,12-23H2,1H3/p+1. The largest absolute Gasteiger partial charge is 0.472 e. The molecule has 0 aromatic heterocycles. The molecule has 0 spiro atoms. The highest BCUT2D eigenvalue weighted by molar-refractivity contribution is 7.47. The molecule has 6 nitrogen and oxygen atoms in total. The lowest BCUT2D eigenvalue weighted by atomic mass is 9.54. The van der Waals surface area contributed by atoms with Crippen LogP contribution in [-0.2, 0) is 18.3 Å². The molecule has 5 aliphatic rings. The highest BCUT2D eigenvalue weighted by Crippen LogP contribution is 2.56. The molecule has 35 heavy (non-hydrogen) atoms. The van der Waals surface area contributed by atoms with E-state index in [9.17, 15) is 9.46 Å². The van der Waals surface area contributed by atoms with Gasteiger partial charge in [-0.3, -0.25) is 9.05 Å². The average molecular weight is 513 g/mol. The fourth-order valence-electron chi connectivity index (χ4n) is 7.24. The van der Waals surface area contributed by atoms with Crippen LogP contribution in [0, 0.1) is 23.7 Å². The molecular weight excluding hydrogens is 461 g/mol. The van der Waals surface area contributed by atoms with Gasteiger partial charge in [-0.15, -0.1) is 0 Å². The topological polar surface area (TPSA) is 65.0 Å². The highest BCUT2D eigenvalue weighted by atomic mass is 31.2. The second kappa shape index (κ2) is 13.5. The molecule has 0 amide bonds. The monoisotopic (exact) mass is 512 g/mol. The number of phosphoric ester groups is 1. The molecule has 1 heterocycles. The molecule has 0 aromatic carbocycles. The minimum absolute atomic E-state index is 0.240. The Bertz CT molecular complexity index is 690. The molecule has 202 valence electrons. The number of likely N-dealkylation sites (N-methyl/N-ethyl adjacent to an activating group) is 1. The van der Waals surface area contributed by atoms with E-state index in [0.29, 0.717) is 13.2 Å². The SMILES string of the molecule is C[N+]1(CCOP(=O)(O)OCCCCCCCCCCC=C2C3CC4CC(C3)CC2C4)CCOCC1. The molecule has 1 N–H and O–H groups in total. The first-order valence-corrected chi connectivity index (χ1v) is 16.2. The lowest BCUT2D eigenvalue weighted by Crippen LogP contribution is -2.53. The Kier molecular flexibility index (Phi) is 10.7. The molecule has 1 saturated heterocycles. The number of rotatable bonds is 16. The van der Waals surface area contributed by atoms with Gasteiger partial charge in [0.15, 0.2) is 0 Å². The van der Waals surface area contributed by atoms with E-state index in [1.165, 1.54) is 70.6 Å². The zero-order chi connectivity index (χ0) is 24.6. The van der Waals surface area contributed by atoms with Crippen LogP contribution in [0.25, 0.3) is 0 Å². The van der Waals surface area contributed by atoms with E-state index in [4.69, 9.17) is 13.8 Å². The Morgan fingerprint density at radius 3 is 2.03 bits per heavy atom. The fraction of sp³-hybridized carbons (Fsp3) is 0.929. The van der Waals surface area contributed by atoms with Gasteiger partial charge >= 0.3 is 7.82 Å². The third-order valence-corrected chi connectivity index (χ3v) is 10.3. The summed E-state index contributed by atoms with van der Waals surface area (Å²) < 4.78 is 28.6. The Hall–Kier alpha value is -0.230. The summed E-state index contributed by atoms with van der Waals surface area (Å²) in [5.74, 6) is 4.05. The molecule has 1 aliphatic heterocycles. The van der Waals surface area contributed by atoms with Gasteiger partial charge in [0.05, 0.1) is 26.9 Å². The summed E-state index contributed by atoms with van der Waals surface area (Å²) in [4.78, 5) is 9.89. The lowest BCUT2D eigenvalue weighted by Gasteiger charge is -2.51. The summed E-state index contributed by atoms with van der Waals surface area (Å²) in [5.41, 5.74) is 1.87. The zero-order valence-corrected chi connectivity index (χ0v) is 23.1. The van der Waals surface area contributed by atoms with Crippen LogP contribution in [0.2, 0.25) is 0 Å². The summed E-state index contributed by atoms with van der Waals surface area (Å²) >= 11 is 0. The van der Waals surface area contributed by atoms with Gasteiger partial charge in [-0.25, -0.2) is 4.57 Å². The number of ether oxygens (including phenoxy) is 1. The number of nitrogens with zero attached hydrogens (tertiary/aromatic N) is 1. The highest BCUT2D eigenvalue weighted by Gasteiger charge is 2.44. The van der Waals surface area contributed by atoms with Crippen molar-refractivity contribution in [3.8, 4) is 0 Å². The Labute approximate surface area is 214 Å². The van der Waals surface area contributed by atoms with Gasteiger partial charge in [0.2, 0.25) is 0 Å². The second-order valence-corrected chi connectivity index (χ2v) is 13.6. The van der Waals surface area contributed by atoms with Crippen LogP contribution in [0.3, 0.4) is 0 Å². The number of hydrogen-bond donors (Lipinski definition) is 1. The van der Waals surface area contributed by atoms with Crippen molar-refractivity contribution >= 4 is 7.82 Å². The maximum atomic E-state index is 12.1. The molecule has 1 unspecified atom stereocenters. The van der Waals surface area contributed by atoms with E-state index >= 15 is 0 Å². The van der Waals surface area contributed by atoms with Crippen molar-refractivity contribution in [2.24, 2.45) is 23.7 Å². The summed E-state index contributed by atoms with van der Waals surface area (Å²) in [6, 6.07) is 0. The van der Waals surface area contributed by atoms with Crippen LogP contribution in [0.1, 0.15) is 89.9 Å². The number of quaternary nitrogens is 1. The Balaban J connectivity index is 0.941.